The van der Waals surface area contributed by atoms with Gasteiger partial charge in [0.05, 0.1) is 0 Å². The van der Waals surface area contributed by atoms with E-state index in [4.69, 9.17) is 0 Å². The maximum Gasteiger partial charge on any atom is 0.328 e. The van der Waals surface area contributed by atoms with Gasteiger partial charge in [-0.15, -0.1) is 0 Å². The molecule has 1 N–H and O–H groups in total. The van der Waals surface area contributed by atoms with Gasteiger partial charge in [-0.25, -0.2) is 4.79 Å². The first-order valence-electron chi connectivity index (χ1n) is 5.25. The van der Waals surface area contributed by atoms with E-state index in [0.717, 1.165) is 19.5 Å². The quantitative estimate of drug-likeness (QED) is 0.699. The van der Waals surface area contributed by atoms with Gasteiger partial charge in [0, 0.05) is 25.0 Å². The van der Waals surface area contributed by atoms with Gasteiger partial charge in [-0.2, -0.15) is 0 Å². The van der Waals surface area contributed by atoms with Crippen molar-refractivity contribution in [3.8, 4) is 0 Å². The predicted octanol–water partition coefficient (Wildman–Crippen LogP) is 0.594. The van der Waals surface area contributed by atoms with E-state index in [1.807, 2.05) is 24.0 Å². The molecule has 1 aliphatic rings. The molecule has 1 aromatic heterocycles. The number of aromatic nitrogens is 2. The van der Waals surface area contributed by atoms with Gasteiger partial charge in [-0.1, -0.05) is 0 Å². The molecule has 4 heteroatoms. The Morgan fingerprint density at radius 2 is 2.29 bits per heavy atom. The van der Waals surface area contributed by atoms with E-state index >= 15 is 0 Å². The van der Waals surface area contributed by atoms with E-state index in [0.29, 0.717) is 6.04 Å². The van der Waals surface area contributed by atoms with Crippen molar-refractivity contribution in [2.24, 2.45) is 0 Å². The average molecular weight is 195 g/mol. The molecule has 0 radical (unpaired) electrons. The van der Waals surface area contributed by atoms with Crippen molar-refractivity contribution < 1.29 is 0 Å². The molecule has 1 heterocycles. The van der Waals surface area contributed by atoms with Crippen LogP contribution in [0.4, 0.5) is 0 Å². The minimum atomic E-state index is 0.156. The highest BCUT2D eigenvalue weighted by Gasteiger charge is 2.25. The Kier molecular flexibility index (Phi) is 2.72. The number of aryl methyl sites for hydroxylation is 1. The Bertz CT molecular complexity index is 348. The van der Waals surface area contributed by atoms with Crippen molar-refractivity contribution >= 4 is 0 Å². The molecule has 4 nitrogen and oxygen atoms in total. The average Bonchev–Trinajstić information content (AvgIpc) is 2.95. The standard InChI is InChI=1S/C10H17N3O/c1-11-5-2-6-12-7-8-13(10(12)14)9-3-4-9/h7-9,11H,2-6H2,1H3. The zero-order valence-electron chi connectivity index (χ0n) is 8.57. The Labute approximate surface area is 83.5 Å². The highest BCUT2D eigenvalue weighted by atomic mass is 16.1. The van der Waals surface area contributed by atoms with Crippen LogP contribution in [0.25, 0.3) is 0 Å². The number of hydrogen-bond acceptors (Lipinski definition) is 2. The lowest BCUT2D eigenvalue weighted by Gasteiger charge is -2.00. The SMILES string of the molecule is CNCCCn1ccn(C2CC2)c1=O. The lowest BCUT2D eigenvalue weighted by molar-refractivity contribution is 0.576. The van der Waals surface area contributed by atoms with Crippen molar-refractivity contribution in [1.82, 2.24) is 14.5 Å². The second-order valence-electron chi connectivity index (χ2n) is 3.87. The maximum atomic E-state index is 11.8. The van der Waals surface area contributed by atoms with E-state index in [1.165, 1.54) is 12.8 Å². The summed E-state index contributed by atoms with van der Waals surface area (Å²) in [6, 6.07) is 0.494. The van der Waals surface area contributed by atoms with E-state index in [2.05, 4.69) is 5.32 Å². The third-order valence-corrected chi connectivity index (χ3v) is 2.64. The van der Waals surface area contributed by atoms with Crippen LogP contribution in [-0.4, -0.2) is 22.7 Å². The van der Waals surface area contributed by atoms with Crippen LogP contribution in [0.3, 0.4) is 0 Å². The predicted molar refractivity (Wildman–Crippen MR) is 55.5 cm³/mol. The molecular weight excluding hydrogens is 178 g/mol. The monoisotopic (exact) mass is 195 g/mol. The van der Waals surface area contributed by atoms with E-state index in [-0.39, 0.29) is 5.69 Å². The van der Waals surface area contributed by atoms with Gasteiger partial charge in [0.15, 0.2) is 0 Å². The zero-order valence-corrected chi connectivity index (χ0v) is 8.57. The van der Waals surface area contributed by atoms with E-state index in [9.17, 15) is 4.79 Å². The Morgan fingerprint density at radius 1 is 1.50 bits per heavy atom. The van der Waals surface area contributed by atoms with Gasteiger partial charge in [-0.05, 0) is 32.9 Å². The topological polar surface area (TPSA) is 39.0 Å². The number of nitrogens with zero attached hydrogens (tertiary/aromatic N) is 2. The molecular formula is C10H17N3O. The second kappa shape index (κ2) is 4.00. The minimum absolute atomic E-state index is 0.156. The summed E-state index contributed by atoms with van der Waals surface area (Å²) in [6.07, 6.45) is 7.15. The maximum absolute atomic E-state index is 11.8. The molecule has 1 fully saturated rings. The van der Waals surface area contributed by atoms with Gasteiger partial charge >= 0.3 is 5.69 Å². The van der Waals surface area contributed by atoms with Gasteiger partial charge < -0.3 is 5.32 Å². The third-order valence-electron chi connectivity index (χ3n) is 2.64. The van der Waals surface area contributed by atoms with Crippen LogP contribution in [0.1, 0.15) is 25.3 Å². The van der Waals surface area contributed by atoms with E-state index in [1.54, 1.807) is 4.57 Å². The van der Waals surface area contributed by atoms with Crippen LogP contribution in [0.15, 0.2) is 17.2 Å². The molecule has 78 valence electrons. The second-order valence-corrected chi connectivity index (χ2v) is 3.87. The largest absolute Gasteiger partial charge is 0.328 e. The van der Waals surface area contributed by atoms with Crippen molar-refractivity contribution in [2.75, 3.05) is 13.6 Å². The summed E-state index contributed by atoms with van der Waals surface area (Å²) < 4.78 is 3.66. The Morgan fingerprint density at radius 3 is 2.93 bits per heavy atom. The number of rotatable bonds is 5. The molecule has 0 bridgehead atoms. The van der Waals surface area contributed by atoms with Crippen LogP contribution in [-0.2, 0) is 6.54 Å². The number of hydrogen-bond donors (Lipinski definition) is 1. The molecule has 1 aromatic rings. The fraction of sp³-hybridized carbons (Fsp3) is 0.700. The third kappa shape index (κ3) is 1.90. The fourth-order valence-corrected chi connectivity index (χ4v) is 1.66. The highest BCUT2D eigenvalue weighted by Crippen LogP contribution is 2.33. The van der Waals surface area contributed by atoms with Gasteiger partial charge in [0.2, 0.25) is 0 Å². The summed E-state index contributed by atoms with van der Waals surface area (Å²) in [7, 11) is 1.93. The highest BCUT2D eigenvalue weighted by molar-refractivity contribution is 4.91. The first-order chi connectivity index (χ1) is 6.83. The zero-order chi connectivity index (χ0) is 9.97. The fourth-order valence-electron chi connectivity index (χ4n) is 1.66. The number of imidazole rings is 1. The summed E-state index contributed by atoms with van der Waals surface area (Å²) in [4.78, 5) is 11.8. The molecule has 0 saturated heterocycles. The molecule has 1 aliphatic carbocycles. The van der Waals surface area contributed by atoms with Crippen LogP contribution < -0.4 is 11.0 Å². The van der Waals surface area contributed by atoms with Crippen LogP contribution in [0.5, 0.6) is 0 Å². The molecule has 0 aromatic carbocycles. The normalized spacial score (nSPS) is 16.1. The molecule has 0 aliphatic heterocycles. The molecule has 2 rings (SSSR count). The smallest absolute Gasteiger partial charge is 0.320 e. The van der Waals surface area contributed by atoms with Gasteiger partial charge in [0.1, 0.15) is 0 Å². The van der Waals surface area contributed by atoms with Gasteiger partial charge in [-0.3, -0.25) is 9.13 Å². The first kappa shape index (κ1) is 9.52. The Hall–Kier alpha value is -1.03. The van der Waals surface area contributed by atoms with Crippen LogP contribution in [0.2, 0.25) is 0 Å². The lowest BCUT2D eigenvalue weighted by atomic mass is 10.4. The summed E-state index contributed by atoms with van der Waals surface area (Å²) >= 11 is 0. The molecule has 0 amide bonds. The Balaban J connectivity index is 2.00. The van der Waals surface area contributed by atoms with Crippen molar-refractivity contribution in [3.63, 3.8) is 0 Å². The van der Waals surface area contributed by atoms with E-state index < -0.39 is 0 Å². The summed E-state index contributed by atoms with van der Waals surface area (Å²) in [6.45, 7) is 1.78. The molecule has 0 atom stereocenters. The van der Waals surface area contributed by atoms with Crippen molar-refractivity contribution in [3.05, 3.63) is 22.9 Å². The summed E-state index contributed by atoms with van der Waals surface area (Å²) in [5.74, 6) is 0. The first-order valence-corrected chi connectivity index (χ1v) is 5.25. The minimum Gasteiger partial charge on any atom is -0.320 e. The molecule has 14 heavy (non-hydrogen) atoms. The van der Waals surface area contributed by atoms with Crippen molar-refractivity contribution in [2.45, 2.75) is 31.8 Å². The van der Waals surface area contributed by atoms with Crippen LogP contribution in [0, 0.1) is 0 Å². The number of nitrogens with one attached hydrogen (secondary N) is 1. The molecule has 1 saturated carbocycles. The van der Waals surface area contributed by atoms with Crippen LogP contribution >= 0.6 is 0 Å². The summed E-state index contributed by atoms with van der Waals surface area (Å²) in [5.41, 5.74) is 0.156. The van der Waals surface area contributed by atoms with Gasteiger partial charge in [0.25, 0.3) is 0 Å². The molecule has 0 spiro atoms. The molecule has 0 unspecified atom stereocenters. The summed E-state index contributed by atoms with van der Waals surface area (Å²) in [5, 5.41) is 3.08. The lowest BCUT2D eigenvalue weighted by Crippen LogP contribution is -2.24. The van der Waals surface area contributed by atoms with Crippen molar-refractivity contribution in [1.29, 1.82) is 0 Å².